The van der Waals surface area contributed by atoms with Gasteiger partial charge in [0.1, 0.15) is 0 Å². The average Bonchev–Trinajstić information content (AvgIpc) is 2.98. The van der Waals surface area contributed by atoms with E-state index in [0.29, 0.717) is 12.1 Å². The minimum Gasteiger partial charge on any atom is -0.357 e. The zero-order valence-corrected chi connectivity index (χ0v) is 20.0. The van der Waals surface area contributed by atoms with Gasteiger partial charge in [-0.1, -0.05) is 19.1 Å². The fourth-order valence-electron chi connectivity index (χ4n) is 3.41. The van der Waals surface area contributed by atoms with Crippen LogP contribution in [0.4, 0.5) is 0 Å². The van der Waals surface area contributed by atoms with E-state index in [1.807, 2.05) is 42.9 Å². The number of nitrogens with zero attached hydrogens (tertiary/aromatic N) is 3. The summed E-state index contributed by atoms with van der Waals surface area (Å²) in [7, 11) is 1.98. The Morgan fingerprint density at radius 1 is 1.16 bits per heavy atom. The van der Waals surface area contributed by atoms with Gasteiger partial charge < -0.3 is 16.0 Å². The van der Waals surface area contributed by atoms with E-state index >= 15 is 0 Å². The Morgan fingerprint density at radius 3 is 2.52 bits per heavy atom. The molecule has 0 aliphatic rings. The lowest BCUT2D eigenvalue weighted by Gasteiger charge is -2.18. The van der Waals surface area contributed by atoms with Crippen LogP contribution in [0.5, 0.6) is 0 Å². The van der Waals surface area contributed by atoms with Crippen LogP contribution in [0.1, 0.15) is 67.0 Å². The standard InChI is InChI=1S/C24H38N6O/c1-8-16(3)27-23(31)21-12-10-11-20(14-21)15-26-24(25-9-2)28-17(4)13-22-18(5)29-30(7)19(22)6/h10-12,14,16-17H,8-9,13,15H2,1-7H3,(H,27,31)(H2,25,26,28). The molecule has 170 valence electrons. The molecular weight excluding hydrogens is 388 g/mol. The number of aliphatic imine (C=N–C) groups is 1. The Bertz CT molecular complexity index is 901. The second-order valence-corrected chi connectivity index (χ2v) is 8.20. The van der Waals surface area contributed by atoms with Crippen molar-refractivity contribution in [3.63, 3.8) is 0 Å². The third-order valence-electron chi connectivity index (χ3n) is 5.50. The second kappa shape index (κ2) is 11.5. The van der Waals surface area contributed by atoms with E-state index < -0.39 is 0 Å². The van der Waals surface area contributed by atoms with Crippen LogP contribution in [0.25, 0.3) is 0 Å². The van der Waals surface area contributed by atoms with Crippen LogP contribution < -0.4 is 16.0 Å². The van der Waals surface area contributed by atoms with Crippen LogP contribution in [0.15, 0.2) is 29.3 Å². The number of carbonyl (C=O) groups excluding carboxylic acids is 1. The Labute approximate surface area is 186 Å². The number of hydrogen-bond donors (Lipinski definition) is 3. The average molecular weight is 427 g/mol. The highest BCUT2D eigenvalue weighted by Gasteiger charge is 2.14. The Morgan fingerprint density at radius 2 is 1.90 bits per heavy atom. The maximum absolute atomic E-state index is 12.4. The monoisotopic (exact) mass is 426 g/mol. The molecule has 2 atom stereocenters. The number of guanidine groups is 1. The molecule has 0 aliphatic heterocycles. The van der Waals surface area contributed by atoms with Gasteiger partial charge in [-0.15, -0.1) is 0 Å². The van der Waals surface area contributed by atoms with Gasteiger partial charge in [-0.3, -0.25) is 9.48 Å². The highest BCUT2D eigenvalue weighted by molar-refractivity contribution is 5.94. The van der Waals surface area contributed by atoms with Gasteiger partial charge in [0, 0.05) is 36.9 Å². The molecule has 3 N–H and O–H groups in total. The molecule has 1 aromatic carbocycles. The van der Waals surface area contributed by atoms with Crippen molar-refractivity contribution in [1.29, 1.82) is 0 Å². The van der Waals surface area contributed by atoms with E-state index in [4.69, 9.17) is 4.99 Å². The summed E-state index contributed by atoms with van der Waals surface area (Å²) in [5.41, 5.74) is 5.21. The highest BCUT2D eigenvalue weighted by Crippen LogP contribution is 2.14. The van der Waals surface area contributed by atoms with E-state index in [1.54, 1.807) is 0 Å². The summed E-state index contributed by atoms with van der Waals surface area (Å²) in [6, 6.07) is 8.02. The number of carbonyl (C=O) groups is 1. The summed E-state index contributed by atoms with van der Waals surface area (Å²) in [5, 5.41) is 14.3. The number of aromatic nitrogens is 2. The molecule has 2 unspecified atom stereocenters. The Kier molecular flexibility index (Phi) is 9.09. The summed E-state index contributed by atoms with van der Waals surface area (Å²) in [6.07, 6.45) is 1.78. The molecule has 2 aromatic rings. The van der Waals surface area contributed by atoms with Crippen molar-refractivity contribution in [3.05, 3.63) is 52.3 Å². The van der Waals surface area contributed by atoms with Crippen molar-refractivity contribution in [2.24, 2.45) is 12.0 Å². The molecule has 7 heteroatoms. The van der Waals surface area contributed by atoms with Crippen LogP contribution in [-0.4, -0.2) is 40.3 Å². The topological polar surface area (TPSA) is 83.3 Å². The molecule has 2 rings (SSSR count). The predicted molar refractivity (Wildman–Crippen MR) is 127 cm³/mol. The molecule has 1 amide bonds. The third kappa shape index (κ3) is 7.12. The maximum atomic E-state index is 12.4. The summed E-state index contributed by atoms with van der Waals surface area (Å²) in [4.78, 5) is 17.1. The van der Waals surface area contributed by atoms with Crippen LogP contribution in [0.3, 0.4) is 0 Å². The van der Waals surface area contributed by atoms with Crippen LogP contribution in [0.2, 0.25) is 0 Å². The van der Waals surface area contributed by atoms with Gasteiger partial charge >= 0.3 is 0 Å². The minimum atomic E-state index is -0.0407. The summed E-state index contributed by atoms with van der Waals surface area (Å²) in [6.45, 7) is 13.7. The number of amides is 1. The lowest BCUT2D eigenvalue weighted by molar-refractivity contribution is 0.0939. The molecular formula is C24H38N6O. The van der Waals surface area contributed by atoms with Crippen molar-refractivity contribution in [3.8, 4) is 0 Å². The van der Waals surface area contributed by atoms with Crippen molar-refractivity contribution >= 4 is 11.9 Å². The van der Waals surface area contributed by atoms with Crippen molar-refractivity contribution in [2.75, 3.05) is 6.54 Å². The summed E-state index contributed by atoms with van der Waals surface area (Å²) < 4.78 is 1.93. The molecule has 7 nitrogen and oxygen atoms in total. The van der Waals surface area contributed by atoms with Gasteiger partial charge in [-0.05, 0) is 70.7 Å². The first-order valence-corrected chi connectivity index (χ1v) is 11.2. The zero-order chi connectivity index (χ0) is 23.0. The number of nitrogens with one attached hydrogen (secondary N) is 3. The number of benzene rings is 1. The molecule has 0 saturated carbocycles. The van der Waals surface area contributed by atoms with Crippen molar-refractivity contribution in [2.45, 2.75) is 73.0 Å². The normalized spacial score (nSPS) is 13.6. The van der Waals surface area contributed by atoms with Gasteiger partial charge in [0.15, 0.2) is 5.96 Å². The molecule has 0 bridgehead atoms. The largest absolute Gasteiger partial charge is 0.357 e. The SMILES string of the molecule is CCNC(=NCc1cccc(C(=O)NC(C)CC)c1)NC(C)Cc1c(C)nn(C)c1C. The molecule has 0 fully saturated rings. The first-order chi connectivity index (χ1) is 14.7. The summed E-state index contributed by atoms with van der Waals surface area (Å²) >= 11 is 0. The van der Waals surface area contributed by atoms with Crippen molar-refractivity contribution < 1.29 is 4.79 Å². The minimum absolute atomic E-state index is 0.0407. The van der Waals surface area contributed by atoms with Crippen LogP contribution >= 0.6 is 0 Å². The van der Waals surface area contributed by atoms with E-state index in [-0.39, 0.29) is 18.0 Å². The Balaban J connectivity index is 2.05. The lowest BCUT2D eigenvalue weighted by Crippen LogP contribution is -2.43. The van der Waals surface area contributed by atoms with Gasteiger partial charge in [0.2, 0.25) is 0 Å². The molecule has 1 heterocycles. The predicted octanol–water partition coefficient (Wildman–Crippen LogP) is 3.25. The van der Waals surface area contributed by atoms with E-state index in [2.05, 4.69) is 55.7 Å². The number of hydrogen-bond acceptors (Lipinski definition) is 3. The Hall–Kier alpha value is -2.83. The molecule has 31 heavy (non-hydrogen) atoms. The maximum Gasteiger partial charge on any atom is 0.251 e. The van der Waals surface area contributed by atoms with E-state index in [1.165, 1.54) is 11.3 Å². The van der Waals surface area contributed by atoms with Crippen molar-refractivity contribution in [1.82, 2.24) is 25.7 Å². The first kappa shape index (κ1) is 24.4. The van der Waals surface area contributed by atoms with Gasteiger partial charge in [0.05, 0.1) is 12.2 Å². The molecule has 0 radical (unpaired) electrons. The van der Waals surface area contributed by atoms with E-state index in [0.717, 1.165) is 36.6 Å². The fraction of sp³-hybridized carbons (Fsp3) is 0.542. The lowest BCUT2D eigenvalue weighted by atomic mass is 10.1. The van der Waals surface area contributed by atoms with Gasteiger partial charge in [0.25, 0.3) is 5.91 Å². The number of aryl methyl sites for hydroxylation is 2. The van der Waals surface area contributed by atoms with Crippen LogP contribution in [-0.2, 0) is 20.0 Å². The highest BCUT2D eigenvalue weighted by atomic mass is 16.1. The van der Waals surface area contributed by atoms with Crippen LogP contribution in [0, 0.1) is 13.8 Å². The molecule has 0 saturated heterocycles. The molecule has 0 aliphatic carbocycles. The molecule has 1 aromatic heterocycles. The quantitative estimate of drug-likeness (QED) is 0.425. The molecule has 0 spiro atoms. The smallest absolute Gasteiger partial charge is 0.251 e. The van der Waals surface area contributed by atoms with E-state index in [9.17, 15) is 4.79 Å². The van der Waals surface area contributed by atoms with Gasteiger partial charge in [-0.2, -0.15) is 5.10 Å². The van der Waals surface area contributed by atoms with Gasteiger partial charge in [-0.25, -0.2) is 4.99 Å². The summed E-state index contributed by atoms with van der Waals surface area (Å²) in [5.74, 6) is 0.727. The third-order valence-corrected chi connectivity index (χ3v) is 5.50. The number of rotatable bonds is 9. The first-order valence-electron chi connectivity index (χ1n) is 11.2. The fourth-order valence-corrected chi connectivity index (χ4v) is 3.41. The second-order valence-electron chi connectivity index (χ2n) is 8.20. The zero-order valence-electron chi connectivity index (χ0n) is 20.0.